The molecule has 0 aromatic rings. The van der Waals surface area contributed by atoms with E-state index in [9.17, 15) is 4.79 Å². The predicted octanol–water partition coefficient (Wildman–Crippen LogP) is 1.46. The van der Waals surface area contributed by atoms with Gasteiger partial charge >= 0.3 is 5.97 Å². The molecule has 0 radical (unpaired) electrons. The molecule has 1 rings (SSSR count). The third-order valence-corrected chi connectivity index (χ3v) is 3.08. The van der Waals surface area contributed by atoms with Crippen molar-refractivity contribution < 1.29 is 14.3 Å². The van der Waals surface area contributed by atoms with Crippen LogP contribution in [0.4, 0.5) is 0 Å². The van der Waals surface area contributed by atoms with Gasteiger partial charge in [0.05, 0.1) is 31.5 Å². The Morgan fingerprint density at radius 1 is 1.69 bits per heavy atom. The fourth-order valence-corrected chi connectivity index (χ4v) is 2.36. The third-order valence-electron chi connectivity index (χ3n) is 1.79. The monoisotopic (exact) mass is 204 g/mol. The SMILES string of the molecule is CCOC(=O)CC(C)SC1COC1. The molecular weight excluding hydrogens is 188 g/mol. The Hall–Kier alpha value is -0.220. The van der Waals surface area contributed by atoms with Gasteiger partial charge in [-0.25, -0.2) is 0 Å². The Labute approximate surface area is 83.2 Å². The van der Waals surface area contributed by atoms with Crippen molar-refractivity contribution >= 4 is 17.7 Å². The molecule has 1 heterocycles. The first-order valence-corrected chi connectivity index (χ1v) is 5.55. The zero-order valence-corrected chi connectivity index (χ0v) is 8.93. The number of ether oxygens (including phenoxy) is 2. The number of thioether (sulfide) groups is 1. The molecule has 0 amide bonds. The highest BCUT2D eigenvalue weighted by Crippen LogP contribution is 2.25. The van der Waals surface area contributed by atoms with Crippen LogP contribution in [-0.4, -0.2) is 36.3 Å². The van der Waals surface area contributed by atoms with Crippen LogP contribution in [0.15, 0.2) is 0 Å². The number of carbonyl (C=O) groups is 1. The maximum atomic E-state index is 11.1. The largest absolute Gasteiger partial charge is 0.466 e. The van der Waals surface area contributed by atoms with Gasteiger partial charge in [-0.2, -0.15) is 11.8 Å². The van der Waals surface area contributed by atoms with Gasteiger partial charge in [0.15, 0.2) is 0 Å². The van der Waals surface area contributed by atoms with Crippen molar-refractivity contribution in [1.29, 1.82) is 0 Å². The van der Waals surface area contributed by atoms with Gasteiger partial charge in [0, 0.05) is 5.25 Å². The second-order valence-corrected chi connectivity index (χ2v) is 4.86. The predicted molar refractivity (Wildman–Crippen MR) is 52.9 cm³/mol. The highest BCUT2D eigenvalue weighted by molar-refractivity contribution is 8.00. The van der Waals surface area contributed by atoms with E-state index in [-0.39, 0.29) is 5.97 Å². The van der Waals surface area contributed by atoms with Crippen molar-refractivity contribution in [3.8, 4) is 0 Å². The fraction of sp³-hybridized carbons (Fsp3) is 0.889. The molecule has 3 nitrogen and oxygen atoms in total. The van der Waals surface area contributed by atoms with Crippen LogP contribution < -0.4 is 0 Å². The molecule has 4 heteroatoms. The maximum Gasteiger partial charge on any atom is 0.306 e. The van der Waals surface area contributed by atoms with Crippen molar-refractivity contribution in [2.45, 2.75) is 30.8 Å². The van der Waals surface area contributed by atoms with Gasteiger partial charge in [0.25, 0.3) is 0 Å². The van der Waals surface area contributed by atoms with E-state index < -0.39 is 0 Å². The van der Waals surface area contributed by atoms with Gasteiger partial charge in [-0.3, -0.25) is 4.79 Å². The van der Waals surface area contributed by atoms with E-state index in [0.29, 0.717) is 23.5 Å². The lowest BCUT2D eigenvalue weighted by Gasteiger charge is -2.27. The second-order valence-electron chi connectivity index (χ2n) is 3.12. The minimum absolute atomic E-state index is 0.0947. The van der Waals surface area contributed by atoms with Gasteiger partial charge in [-0.15, -0.1) is 0 Å². The maximum absolute atomic E-state index is 11.1. The molecule has 0 aliphatic carbocycles. The molecule has 0 N–H and O–H groups in total. The average Bonchev–Trinajstić information content (AvgIpc) is 1.97. The molecule has 0 saturated carbocycles. The molecule has 1 saturated heterocycles. The quantitative estimate of drug-likeness (QED) is 0.635. The molecule has 0 spiro atoms. The number of rotatable bonds is 5. The third kappa shape index (κ3) is 4.00. The van der Waals surface area contributed by atoms with Crippen LogP contribution in [-0.2, 0) is 14.3 Å². The summed E-state index contributed by atoms with van der Waals surface area (Å²) in [4.78, 5) is 11.1. The molecule has 0 aromatic carbocycles. The Morgan fingerprint density at radius 2 is 2.38 bits per heavy atom. The van der Waals surface area contributed by atoms with E-state index in [1.54, 1.807) is 0 Å². The normalized spacial score (nSPS) is 19.2. The van der Waals surface area contributed by atoms with Crippen LogP contribution >= 0.6 is 11.8 Å². The Balaban J connectivity index is 2.08. The van der Waals surface area contributed by atoms with Crippen LogP contribution in [0.2, 0.25) is 0 Å². The standard InChI is InChI=1S/C9H16O3S/c1-3-12-9(10)4-7(2)13-8-5-11-6-8/h7-8H,3-6H2,1-2H3. The van der Waals surface area contributed by atoms with E-state index >= 15 is 0 Å². The van der Waals surface area contributed by atoms with Crippen molar-refractivity contribution in [3.63, 3.8) is 0 Å². The number of carbonyl (C=O) groups excluding carboxylic acids is 1. The summed E-state index contributed by atoms with van der Waals surface area (Å²) in [7, 11) is 0. The summed E-state index contributed by atoms with van der Waals surface area (Å²) in [5.74, 6) is -0.0947. The number of esters is 1. The topological polar surface area (TPSA) is 35.5 Å². The van der Waals surface area contributed by atoms with Crippen LogP contribution in [0.5, 0.6) is 0 Å². The zero-order valence-electron chi connectivity index (χ0n) is 8.12. The van der Waals surface area contributed by atoms with Crippen molar-refractivity contribution in [2.75, 3.05) is 19.8 Å². The van der Waals surface area contributed by atoms with Gasteiger partial charge < -0.3 is 9.47 Å². The summed E-state index contributed by atoms with van der Waals surface area (Å²) in [6.07, 6.45) is 0.509. The van der Waals surface area contributed by atoms with Gasteiger partial charge in [-0.05, 0) is 6.92 Å². The average molecular weight is 204 g/mol. The lowest BCUT2D eigenvalue weighted by Crippen LogP contribution is -2.32. The summed E-state index contributed by atoms with van der Waals surface area (Å²) in [6.45, 7) is 6.02. The fourth-order valence-electron chi connectivity index (χ4n) is 1.12. The van der Waals surface area contributed by atoms with Gasteiger partial charge in [0.1, 0.15) is 0 Å². The summed E-state index contributed by atoms with van der Waals surface area (Å²) in [5.41, 5.74) is 0. The molecule has 0 aromatic heterocycles. The number of hydrogen-bond acceptors (Lipinski definition) is 4. The van der Waals surface area contributed by atoms with E-state index in [1.807, 2.05) is 18.7 Å². The first kappa shape index (κ1) is 10.9. The van der Waals surface area contributed by atoms with Crippen molar-refractivity contribution in [2.24, 2.45) is 0 Å². The van der Waals surface area contributed by atoms with Crippen LogP contribution in [0.1, 0.15) is 20.3 Å². The molecular formula is C9H16O3S. The molecule has 1 aliphatic rings. The number of hydrogen-bond donors (Lipinski definition) is 0. The summed E-state index contributed by atoms with van der Waals surface area (Å²) in [5, 5.41) is 0.928. The Bertz CT molecular complexity index is 168. The molecule has 1 fully saturated rings. The first-order chi connectivity index (χ1) is 6.22. The summed E-state index contributed by atoms with van der Waals surface area (Å²) >= 11 is 1.81. The second kappa shape index (κ2) is 5.50. The molecule has 13 heavy (non-hydrogen) atoms. The van der Waals surface area contributed by atoms with Crippen molar-refractivity contribution in [1.82, 2.24) is 0 Å². The van der Waals surface area contributed by atoms with E-state index in [1.165, 1.54) is 0 Å². The van der Waals surface area contributed by atoms with E-state index in [2.05, 4.69) is 6.92 Å². The van der Waals surface area contributed by atoms with Crippen molar-refractivity contribution in [3.05, 3.63) is 0 Å². The highest BCUT2D eigenvalue weighted by Gasteiger charge is 2.22. The minimum Gasteiger partial charge on any atom is -0.466 e. The molecule has 1 unspecified atom stereocenters. The summed E-state index contributed by atoms with van der Waals surface area (Å²) in [6, 6.07) is 0. The smallest absolute Gasteiger partial charge is 0.306 e. The Kier molecular flexibility index (Phi) is 4.59. The zero-order chi connectivity index (χ0) is 9.68. The first-order valence-electron chi connectivity index (χ1n) is 4.61. The van der Waals surface area contributed by atoms with Gasteiger partial charge in [-0.1, -0.05) is 6.92 Å². The molecule has 1 aliphatic heterocycles. The van der Waals surface area contributed by atoms with E-state index in [4.69, 9.17) is 9.47 Å². The van der Waals surface area contributed by atoms with Crippen LogP contribution in [0.3, 0.4) is 0 Å². The minimum atomic E-state index is -0.0947. The van der Waals surface area contributed by atoms with E-state index in [0.717, 1.165) is 13.2 Å². The molecule has 0 bridgehead atoms. The van der Waals surface area contributed by atoms with Crippen LogP contribution in [0.25, 0.3) is 0 Å². The Morgan fingerprint density at radius 3 is 2.85 bits per heavy atom. The van der Waals surface area contributed by atoms with Gasteiger partial charge in [0.2, 0.25) is 0 Å². The lowest BCUT2D eigenvalue weighted by atomic mass is 10.3. The lowest BCUT2D eigenvalue weighted by molar-refractivity contribution is -0.142. The summed E-state index contributed by atoms with van der Waals surface area (Å²) < 4.78 is 9.91. The molecule has 76 valence electrons. The molecule has 1 atom stereocenters. The highest BCUT2D eigenvalue weighted by atomic mass is 32.2. The van der Waals surface area contributed by atoms with Crippen LogP contribution in [0, 0.1) is 0 Å².